The molecule has 0 unspecified atom stereocenters. The van der Waals surface area contributed by atoms with Gasteiger partial charge in [-0.15, -0.1) is 11.3 Å². The molecule has 3 N–H and O–H groups in total. The highest BCUT2D eigenvalue weighted by Gasteiger charge is 2.09. The molecule has 0 aliphatic rings. The zero-order chi connectivity index (χ0) is 13.7. The van der Waals surface area contributed by atoms with Gasteiger partial charge in [-0.3, -0.25) is 5.32 Å². The summed E-state index contributed by atoms with van der Waals surface area (Å²) in [6.45, 7) is 2.14. The first-order valence-corrected chi connectivity index (χ1v) is 6.72. The summed E-state index contributed by atoms with van der Waals surface area (Å²) in [5.74, 6) is 0. The number of urea groups is 1. The highest BCUT2D eigenvalue weighted by Crippen LogP contribution is 2.13. The van der Waals surface area contributed by atoms with E-state index in [0.717, 1.165) is 11.1 Å². The number of rotatable bonds is 4. The Bertz CT molecular complexity index is 525. The van der Waals surface area contributed by atoms with E-state index in [2.05, 4.69) is 15.6 Å². The highest BCUT2D eigenvalue weighted by atomic mass is 32.1. The summed E-state index contributed by atoms with van der Waals surface area (Å²) in [6, 6.07) is 7.17. The van der Waals surface area contributed by atoms with Crippen molar-refractivity contribution in [3.05, 3.63) is 47.0 Å². The maximum Gasteiger partial charge on any atom is 0.321 e. The largest absolute Gasteiger partial charge is 0.387 e. The summed E-state index contributed by atoms with van der Waals surface area (Å²) >= 11 is 1.34. The van der Waals surface area contributed by atoms with Crippen molar-refractivity contribution in [2.75, 3.05) is 11.9 Å². The number of thiazole rings is 1. The number of carbonyl (C=O) groups excluding carboxylic acids is 1. The van der Waals surface area contributed by atoms with E-state index in [1.165, 1.54) is 11.3 Å². The molecule has 2 aromatic rings. The summed E-state index contributed by atoms with van der Waals surface area (Å²) in [7, 11) is 0. The summed E-state index contributed by atoms with van der Waals surface area (Å²) in [5.41, 5.74) is 1.91. The lowest BCUT2D eigenvalue weighted by Gasteiger charge is -2.12. The van der Waals surface area contributed by atoms with Crippen molar-refractivity contribution < 1.29 is 9.90 Å². The molecule has 2 rings (SSSR count). The van der Waals surface area contributed by atoms with E-state index in [0.29, 0.717) is 5.13 Å². The van der Waals surface area contributed by atoms with Gasteiger partial charge in [0.2, 0.25) is 0 Å². The molecule has 0 bridgehead atoms. The number of hydrogen-bond donors (Lipinski definition) is 3. The molecular formula is C13H15N3O2S. The Labute approximate surface area is 115 Å². The quantitative estimate of drug-likeness (QED) is 0.803. The number of anilines is 1. The first-order valence-electron chi connectivity index (χ1n) is 5.84. The van der Waals surface area contributed by atoms with Crippen LogP contribution in [0.15, 0.2) is 35.8 Å². The van der Waals surface area contributed by atoms with Crippen molar-refractivity contribution >= 4 is 22.5 Å². The van der Waals surface area contributed by atoms with Gasteiger partial charge in [0.05, 0.1) is 6.10 Å². The standard InChI is InChI=1S/C13H15N3O2S/c1-9-2-4-10(5-3-9)11(17)8-15-12(18)16-13-14-6-7-19-13/h2-7,11,17H,8H2,1H3,(H2,14,15,16,18)/t11-/m1/s1. The number of aliphatic hydroxyl groups is 1. The Morgan fingerprint density at radius 3 is 2.79 bits per heavy atom. The van der Waals surface area contributed by atoms with Crippen LogP contribution in [0, 0.1) is 6.92 Å². The third-order valence-corrected chi connectivity index (χ3v) is 3.26. The van der Waals surface area contributed by atoms with Crippen LogP contribution in [0.2, 0.25) is 0 Å². The number of aliphatic hydroxyl groups excluding tert-OH is 1. The second-order valence-corrected chi connectivity index (χ2v) is 4.99. The lowest BCUT2D eigenvalue weighted by atomic mass is 10.1. The monoisotopic (exact) mass is 277 g/mol. The van der Waals surface area contributed by atoms with Gasteiger partial charge < -0.3 is 10.4 Å². The molecule has 6 heteroatoms. The predicted octanol–water partition coefficient (Wildman–Crippen LogP) is 2.31. The molecule has 1 atom stereocenters. The molecule has 2 amide bonds. The molecule has 0 saturated heterocycles. The lowest BCUT2D eigenvalue weighted by molar-refractivity contribution is 0.175. The Hall–Kier alpha value is -1.92. The fourth-order valence-corrected chi connectivity index (χ4v) is 2.05. The lowest BCUT2D eigenvalue weighted by Crippen LogP contribution is -2.32. The first-order chi connectivity index (χ1) is 9.15. The minimum absolute atomic E-state index is 0.153. The average Bonchev–Trinajstić information content (AvgIpc) is 2.89. The zero-order valence-electron chi connectivity index (χ0n) is 10.5. The van der Waals surface area contributed by atoms with Gasteiger partial charge in [0.15, 0.2) is 5.13 Å². The number of nitrogens with one attached hydrogen (secondary N) is 2. The second kappa shape index (κ2) is 6.31. The van der Waals surface area contributed by atoms with Crippen molar-refractivity contribution in [2.24, 2.45) is 0 Å². The van der Waals surface area contributed by atoms with Gasteiger partial charge in [-0.1, -0.05) is 29.8 Å². The van der Waals surface area contributed by atoms with Crippen LogP contribution in [0.1, 0.15) is 17.2 Å². The number of benzene rings is 1. The number of hydrogen-bond acceptors (Lipinski definition) is 4. The number of carbonyl (C=O) groups is 1. The molecule has 5 nitrogen and oxygen atoms in total. The van der Waals surface area contributed by atoms with Gasteiger partial charge in [0.1, 0.15) is 0 Å². The van der Waals surface area contributed by atoms with Crippen molar-refractivity contribution in [2.45, 2.75) is 13.0 Å². The Balaban J connectivity index is 1.81. The minimum Gasteiger partial charge on any atom is -0.387 e. The Morgan fingerprint density at radius 1 is 1.42 bits per heavy atom. The van der Waals surface area contributed by atoms with Gasteiger partial charge in [0, 0.05) is 18.1 Å². The van der Waals surface area contributed by atoms with Crippen molar-refractivity contribution in [1.29, 1.82) is 0 Å². The van der Waals surface area contributed by atoms with Crippen LogP contribution in [-0.4, -0.2) is 22.7 Å². The van der Waals surface area contributed by atoms with E-state index < -0.39 is 6.10 Å². The Kier molecular flexibility index (Phi) is 4.48. The molecule has 1 aromatic heterocycles. The fourth-order valence-electron chi connectivity index (χ4n) is 1.52. The summed E-state index contributed by atoms with van der Waals surface area (Å²) in [4.78, 5) is 15.5. The van der Waals surface area contributed by atoms with Crippen LogP contribution in [0.5, 0.6) is 0 Å². The van der Waals surface area contributed by atoms with E-state index in [-0.39, 0.29) is 12.6 Å². The molecule has 0 aliphatic heterocycles. The topological polar surface area (TPSA) is 74.2 Å². The molecule has 0 fully saturated rings. The van der Waals surface area contributed by atoms with Gasteiger partial charge >= 0.3 is 6.03 Å². The van der Waals surface area contributed by atoms with Crippen LogP contribution >= 0.6 is 11.3 Å². The third-order valence-electron chi connectivity index (χ3n) is 2.57. The van der Waals surface area contributed by atoms with Crippen LogP contribution in [-0.2, 0) is 0 Å². The van der Waals surface area contributed by atoms with E-state index in [9.17, 15) is 9.90 Å². The molecule has 0 spiro atoms. The minimum atomic E-state index is -0.720. The van der Waals surface area contributed by atoms with Crippen molar-refractivity contribution in [1.82, 2.24) is 10.3 Å². The van der Waals surface area contributed by atoms with E-state index >= 15 is 0 Å². The SMILES string of the molecule is Cc1ccc([C@H](O)CNC(=O)Nc2nccs2)cc1. The number of aryl methyl sites for hydroxylation is 1. The van der Waals surface area contributed by atoms with Crippen LogP contribution in [0.25, 0.3) is 0 Å². The fraction of sp³-hybridized carbons (Fsp3) is 0.231. The number of nitrogens with zero attached hydrogens (tertiary/aromatic N) is 1. The van der Waals surface area contributed by atoms with Gasteiger partial charge in [-0.25, -0.2) is 9.78 Å². The second-order valence-electron chi connectivity index (χ2n) is 4.10. The van der Waals surface area contributed by atoms with Crippen LogP contribution < -0.4 is 10.6 Å². The maximum absolute atomic E-state index is 11.5. The van der Waals surface area contributed by atoms with Crippen molar-refractivity contribution in [3.63, 3.8) is 0 Å². The number of amides is 2. The summed E-state index contributed by atoms with van der Waals surface area (Å²) in [6.07, 6.45) is 0.893. The Morgan fingerprint density at radius 2 is 2.16 bits per heavy atom. The van der Waals surface area contributed by atoms with E-state index in [1.807, 2.05) is 31.2 Å². The van der Waals surface area contributed by atoms with Gasteiger partial charge in [0.25, 0.3) is 0 Å². The van der Waals surface area contributed by atoms with Gasteiger partial charge in [-0.05, 0) is 12.5 Å². The summed E-state index contributed by atoms with van der Waals surface area (Å²) < 4.78 is 0. The first kappa shape index (κ1) is 13.5. The summed E-state index contributed by atoms with van der Waals surface area (Å²) in [5, 5.41) is 17.4. The van der Waals surface area contributed by atoms with E-state index in [4.69, 9.17) is 0 Å². The molecule has 1 aromatic carbocycles. The third kappa shape index (κ3) is 4.04. The molecule has 0 saturated carbocycles. The predicted molar refractivity (Wildman–Crippen MR) is 75.3 cm³/mol. The molecular weight excluding hydrogens is 262 g/mol. The van der Waals surface area contributed by atoms with Crippen LogP contribution in [0.3, 0.4) is 0 Å². The number of aromatic nitrogens is 1. The zero-order valence-corrected chi connectivity index (χ0v) is 11.3. The molecule has 1 heterocycles. The maximum atomic E-state index is 11.5. The smallest absolute Gasteiger partial charge is 0.321 e. The van der Waals surface area contributed by atoms with Crippen LogP contribution in [0.4, 0.5) is 9.93 Å². The average molecular weight is 277 g/mol. The molecule has 19 heavy (non-hydrogen) atoms. The molecule has 100 valence electrons. The van der Waals surface area contributed by atoms with Gasteiger partial charge in [-0.2, -0.15) is 0 Å². The van der Waals surface area contributed by atoms with Crippen molar-refractivity contribution in [3.8, 4) is 0 Å². The molecule has 0 aliphatic carbocycles. The normalized spacial score (nSPS) is 11.9. The molecule has 0 radical (unpaired) electrons. The highest BCUT2D eigenvalue weighted by molar-refractivity contribution is 7.13. The van der Waals surface area contributed by atoms with E-state index in [1.54, 1.807) is 11.6 Å².